The van der Waals surface area contributed by atoms with Crippen LogP contribution in [0.4, 0.5) is 14.5 Å². The summed E-state index contributed by atoms with van der Waals surface area (Å²) in [5.74, 6) is -2.05. The van der Waals surface area contributed by atoms with Gasteiger partial charge in [-0.05, 0) is 37.2 Å². The lowest BCUT2D eigenvalue weighted by Gasteiger charge is -2.45. The molecule has 146 valence electrons. The highest BCUT2D eigenvalue weighted by atomic mass is 19.1. The van der Waals surface area contributed by atoms with Crippen LogP contribution in [0.3, 0.4) is 0 Å². The summed E-state index contributed by atoms with van der Waals surface area (Å²) in [5.41, 5.74) is 5.89. The maximum absolute atomic E-state index is 14.4. The summed E-state index contributed by atoms with van der Waals surface area (Å²) in [6.45, 7) is 2.23. The van der Waals surface area contributed by atoms with Crippen molar-refractivity contribution < 1.29 is 18.3 Å². The van der Waals surface area contributed by atoms with E-state index in [1.807, 2.05) is 24.3 Å². The molecule has 2 aromatic rings. The Morgan fingerprint density at radius 1 is 1.36 bits per heavy atom. The second-order valence-corrected chi connectivity index (χ2v) is 6.86. The monoisotopic (exact) mass is 386 g/mol. The lowest BCUT2D eigenvalue weighted by Crippen LogP contribution is -2.54. The zero-order valence-corrected chi connectivity index (χ0v) is 15.3. The number of carbonyl (C=O) groups excluding carboxylic acids is 1. The van der Waals surface area contributed by atoms with Gasteiger partial charge in [0.15, 0.2) is 0 Å². The average molecular weight is 386 g/mol. The van der Waals surface area contributed by atoms with Crippen molar-refractivity contribution in [3.8, 4) is 0 Å². The molecule has 0 saturated carbocycles. The van der Waals surface area contributed by atoms with E-state index in [-0.39, 0.29) is 23.3 Å². The maximum atomic E-state index is 14.4. The van der Waals surface area contributed by atoms with E-state index in [2.05, 4.69) is 10.4 Å². The number of nitrogens with zero attached hydrogens (tertiary/aromatic N) is 2. The molecule has 0 aromatic heterocycles. The molecule has 6 nitrogen and oxygen atoms in total. The summed E-state index contributed by atoms with van der Waals surface area (Å²) in [6, 6.07) is 10.4. The van der Waals surface area contributed by atoms with Crippen molar-refractivity contribution in [2.45, 2.75) is 19.1 Å². The van der Waals surface area contributed by atoms with Crippen LogP contribution in [-0.2, 0) is 15.3 Å². The van der Waals surface area contributed by atoms with Crippen LogP contribution in [-0.4, -0.2) is 29.9 Å². The molecule has 0 bridgehead atoms. The number of halogens is 2. The molecule has 1 spiro atoms. The molecule has 8 heteroatoms. The van der Waals surface area contributed by atoms with Gasteiger partial charge in [0.1, 0.15) is 11.6 Å². The summed E-state index contributed by atoms with van der Waals surface area (Å²) < 4.78 is 34.4. The van der Waals surface area contributed by atoms with Crippen LogP contribution in [0, 0.1) is 17.6 Å². The number of ether oxygens (including phenoxy) is 1. The summed E-state index contributed by atoms with van der Waals surface area (Å²) in [4.78, 5) is 12.5. The maximum Gasteiger partial charge on any atom is 0.244 e. The number of hydrazone groups is 1. The summed E-state index contributed by atoms with van der Waals surface area (Å²) >= 11 is 0. The fourth-order valence-electron chi connectivity index (χ4n) is 3.92. The topological polar surface area (TPSA) is 80.0 Å². The molecule has 2 aliphatic rings. The van der Waals surface area contributed by atoms with E-state index in [9.17, 15) is 13.6 Å². The fraction of sp³-hybridized carbons (Fsp3) is 0.300. The molecule has 3 N–H and O–H groups in total. The number of anilines is 1. The van der Waals surface area contributed by atoms with Crippen LogP contribution in [0.25, 0.3) is 0 Å². The van der Waals surface area contributed by atoms with E-state index >= 15 is 0 Å². The lowest BCUT2D eigenvalue weighted by atomic mass is 9.81. The molecular formula is C20H20F2N4O2. The van der Waals surface area contributed by atoms with Crippen LogP contribution in [0.15, 0.2) is 47.6 Å². The van der Waals surface area contributed by atoms with E-state index in [0.717, 1.165) is 23.9 Å². The number of hydrogen-bond acceptors (Lipinski definition) is 5. The minimum atomic E-state index is -1.28. The molecule has 2 unspecified atom stereocenters. The molecule has 0 saturated heterocycles. The Morgan fingerprint density at radius 3 is 2.89 bits per heavy atom. The lowest BCUT2D eigenvalue weighted by molar-refractivity contribution is -0.160. The number of amides is 1. The van der Waals surface area contributed by atoms with Crippen LogP contribution >= 0.6 is 0 Å². The van der Waals surface area contributed by atoms with Crippen molar-refractivity contribution >= 4 is 17.5 Å². The van der Waals surface area contributed by atoms with Gasteiger partial charge in [0.05, 0.1) is 5.56 Å². The Kier molecular flexibility index (Phi) is 4.50. The first kappa shape index (κ1) is 18.4. The third kappa shape index (κ3) is 2.72. The number of nitrogens with one attached hydrogen (secondary N) is 1. The Hall–Kier alpha value is -3.00. The van der Waals surface area contributed by atoms with Gasteiger partial charge in [-0.15, -0.1) is 5.10 Å². The smallest absolute Gasteiger partial charge is 0.244 e. The number of rotatable bonds is 3. The molecule has 0 aliphatic carbocycles. The number of benzene rings is 2. The highest BCUT2D eigenvalue weighted by molar-refractivity contribution is 5.97. The summed E-state index contributed by atoms with van der Waals surface area (Å²) in [5, 5.41) is 8.82. The Bertz CT molecular complexity index is 965. The van der Waals surface area contributed by atoms with Crippen molar-refractivity contribution in [2.24, 2.45) is 16.8 Å². The average Bonchev–Trinajstić information content (AvgIpc) is 3.08. The molecule has 2 atom stereocenters. The fourth-order valence-corrected chi connectivity index (χ4v) is 3.92. The molecule has 4 rings (SSSR count). The minimum absolute atomic E-state index is 0.133. The number of para-hydroxylation sites is 1. The van der Waals surface area contributed by atoms with Crippen molar-refractivity contribution in [3.05, 3.63) is 65.2 Å². The number of nitrogens with two attached hydrogens (primary N) is 1. The van der Waals surface area contributed by atoms with Crippen LogP contribution in [0.1, 0.15) is 24.5 Å². The second-order valence-electron chi connectivity index (χ2n) is 6.86. The second kappa shape index (κ2) is 6.87. The predicted molar refractivity (Wildman–Crippen MR) is 100 cm³/mol. The molecule has 0 radical (unpaired) electrons. The minimum Gasteiger partial charge on any atom is -0.442 e. The Labute approximate surface area is 161 Å². The molecule has 2 heterocycles. The molecule has 1 amide bonds. The molecular weight excluding hydrogens is 366 g/mol. The van der Waals surface area contributed by atoms with Crippen LogP contribution in [0.5, 0.6) is 0 Å². The zero-order chi connectivity index (χ0) is 19.9. The van der Waals surface area contributed by atoms with Crippen molar-refractivity contribution in [1.82, 2.24) is 5.01 Å². The standard InChI is InChI=1S/C20H20F2N4O2/c1-12(27)26-20(28-19(25-26)15-10-14(21)6-7-17(15)22)13(8-9-23)11-24-18-5-3-2-4-16(18)20/h2-7,10,13,24H,8-9,11,23H2,1H3. The molecule has 28 heavy (non-hydrogen) atoms. The first-order valence-corrected chi connectivity index (χ1v) is 9.04. The normalized spacial score (nSPS) is 23.1. The first-order chi connectivity index (χ1) is 13.5. The van der Waals surface area contributed by atoms with Crippen molar-refractivity contribution in [2.75, 3.05) is 18.4 Å². The van der Waals surface area contributed by atoms with Gasteiger partial charge in [-0.2, -0.15) is 5.01 Å². The SMILES string of the molecule is CC(=O)N1N=C(c2cc(F)ccc2F)OC12c1ccccc1NCC2CCN. The van der Waals surface area contributed by atoms with Crippen molar-refractivity contribution in [3.63, 3.8) is 0 Å². The Morgan fingerprint density at radius 2 is 2.14 bits per heavy atom. The van der Waals surface area contributed by atoms with Crippen LogP contribution in [0.2, 0.25) is 0 Å². The van der Waals surface area contributed by atoms with Gasteiger partial charge < -0.3 is 15.8 Å². The van der Waals surface area contributed by atoms with E-state index in [0.29, 0.717) is 25.1 Å². The van der Waals surface area contributed by atoms with E-state index in [1.54, 1.807) is 0 Å². The third-order valence-corrected chi connectivity index (χ3v) is 5.14. The van der Waals surface area contributed by atoms with Crippen molar-refractivity contribution in [1.29, 1.82) is 0 Å². The Balaban J connectivity index is 1.89. The van der Waals surface area contributed by atoms with Gasteiger partial charge in [-0.1, -0.05) is 18.2 Å². The van der Waals surface area contributed by atoms with Gasteiger partial charge in [0, 0.05) is 30.6 Å². The first-order valence-electron chi connectivity index (χ1n) is 9.04. The molecule has 2 aromatic carbocycles. The number of fused-ring (bicyclic) bond motifs is 2. The summed E-state index contributed by atoms with van der Waals surface area (Å²) in [6.07, 6.45) is 0.541. The van der Waals surface area contributed by atoms with Gasteiger partial charge >= 0.3 is 0 Å². The van der Waals surface area contributed by atoms with Gasteiger partial charge in [0.25, 0.3) is 0 Å². The largest absolute Gasteiger partial charge is 0.442 e. The number of carbonyl (C=O) groups is 1. The number of hydrogen-bond donors (Lipinski definition) is 2. The van der Waals surface area contributed by atoms with Gasteiger partial charge in [-0.3, -0.25) is 4.79 Å². The zero-order valence-electron chi connectivity index (χ0n) is 15.3. The van der Waals surface area contributed by atoms with E-state index in [4.69, 9.17) is 10.5 Å². The highest BCUT2D eigenvalue weighted by Crippen LogP contribution is 2.49. The molecule has 0 fully saturated rings. The van der Waals surface area contributed by atoms with Gasteiger partial charge in [-0.25, -0.2) is 8.78 Å². The quantitative estimate of drug-likeness (QED) is 0.850. The van der Waals surface area contributed by atoms with Gasteiger partial charge in [0.2, 0.25) is 17.5 Å². The van der Waals surface area contributed by atoms with Crippen LogP contribution < -0.4 is 11.1 Å². The molecule has 2 aliphatic heterocycles. The summed E-state index contributed by atoms with van der Waals surface area (Å²) in [7, 11) is 0. The predicted octanol–water partition coefficient (Wildman–Crippen LogP) is 2.75. The van der Waals surface area contributed by atoms with E-state index in [1.165, 1.54) is 11.9 Å². The third-order valence-electron chi connectivity index (χ3n) is 5.14. The van der Waals surface area contributed by atoms with E-state index < -0.39 is 17.4 Å². The highest BCUT2D eigenvalue weighted by Gasteiger charge is 2.57.